The molecule has 1 aromatic heterocycles. The minimum Gasteiger partial charge on any atom is -0.337 e. The monoisotopic (exact) mass is 291 g/mol. The average molecular weight is 291 g/mol. The summed E-state index contributed by atoms with van der Waals surface area (Å²) in [4.78, 5) is 16.9. The summed E-state index contributed by atoms with van der Waals surface area (Å²) in [7, 11) is 0. The van der Waals surface area contributed by atoms with Gasteiger partial charge in [-0.2, -0.15) is 15.4 Å². The predicted molar refractivity (Wildman–Crippen MR) is 80.0 cm³/mol. The van der Waals surface area contributed by atoms with Gasteiger partial charge in [0.25, 0.3) is 5.91 Å². The van der Waals surface area contributed by atoms with Crippen molar-refractivity contribution >= 4 is 5.91 Å². The van der Waals surface area contributed by atoms with Gasteiger partial charge >= 0.3 is 0 Å². The smallest absolute Gasteiger partial charge is 0.276 e. The van der Waals surface area contributed by atoms with E-state index in [-0.39, 0.29) is 5.91 Å². The summed E-state index contributed by atoms with van der Waals surface area (Å²) < 4.78 is 0. The van der Waals surface area contributed by atoms with Crippen LogP contribution in [0.5, 0.6) is 0 Å². The summed E-state index contributed by atoms with van der Waals surface area (Å²) in [6, 6.07) is 0. The van der Waals surface area contributed by atoms with E-state index in [1.165, 1.54) is 38.9 Å². The fraction of sp³-hybridized carbons (Fsp3) is 0.800. The minimum atomic E-state index is 0.0271. The van der Waals surface area contributed by atoms with Crippen molar-refractivity contribution in [3.63, 3.8) is 0 Å². The number of rotatable bonds is 4. The second kappa shape index (κ2) is 6.56. The molecular weight excluding hydrogens is 266 g/mol. The number of carbonyl (C=O) groups excluding carboxylic acids is 1. The highest BCUT2D eigenvalue weighted by molar-refractivity contribution is 5.93. The zero-order valence-corrected chi connectivity index (χ0v) is 12.8. The molecular formula is C15H25N5O. The summed E-state index contributed by atoms with van der Waals surface area (Å²) in [6.45, 7) is 7.33. The van der Waals surface area contributed by atoms with Crippen LogP contribution < -0.4 is 0 Å². The first-order valence-corrected chi connectivity index (χ1v) is 8.13. The topological polar surface area (TPSA) is 65.1 Å². The van der Waals surface area contributed by atoms with Gasteiger partial charge in [0, 0.05) is 13.1 Å². The molecule has 2 aliphatic heterocycles. The fourth-order valence-electron chi connectivity index (χ4n) is 3.43. The summed E-state index contributed by atoms with van der Waals surface area (Å²) in [6.07, 6.45) is 6.26. The summed E-state index contributed by atoms with van der Waals surface area (Å²) in [5.74, 6) is 0.798. The van der Waals surface area contributed by atoms with Crippen LogP contribution >= 0.6 is 0 Å². The van der Waals surface area contributed by atoms with Crippen molar-refractivity contribution in [1.82, 2.24) is 25.2 Å². The molecule has 0 radical (unpaired) electrons. The molecule has 0 spiro atoms. The van der Waals surface area contributed by atoms with Crippen molar-refractivity contribution < 1.29 is 4.79 Å². The molecule has 1 N–H and O–H groups in total. The normalized spacial score (nSPS) is 21.1. The lowest BCUT2D eigenvalue weighted by molar-refractivity contribution is 0.0675. The molecule has 6 heteroatoms. The number of hydrogen-bond acceptors (Lipinski definition) is 4. The van der Waals surface area contributed by atoms with Gasteiger partial charge in [0.15, 0.2) is 5.69 Å². The molecule has 0 atom stereocenters. The summed E-state index contributed by atoms with van der Waals surface area (Å²) >= 11 is 0. The third-order valence-corrected chi connectivity index (χ3v) is 4.88. The number of amides is 1. The van der Waals surface area contributed by atoms with Crippen molar-refractivity contribution in [2.24, 2.45) is 5.92 Å². The number of nitrogens with one attached hydrogen (secondary N) is 1. The van der Waals surface area contributed by atoms with Gasteiger partial charge in [-0.1, -0.05) is 0 Å². The Morgan fingerprint density at radius 1 is 1.19 bits per heavy atom. The number of aromatic amines is 1. The second-order valence-electron chi connectivity index (χ2n) is 6.33. The maximum Gasteiger partial charge on any atom is 0.276 e. The number of aryl methyl sites for hydroxylation is 1. The molecule has 3 rings (SSSR count). The molecule has 0 aromatic carbocycles. The van der Waals surface area contributed by atoms with Crippen LogP contribution in [-0.2, 0) is 0 Å². The lowest BCUT2D eigenvalue weighted by atomic mass is 9.93. The molecule has 116 valence electrons. The van der Waals surface area contributed by atoms with Crippen molar-refractivity contribution in [1.29, 1.82) is 0 Å². The maximum atomic E-state index is 12.4. The van der Waals surface area contributed by atoms with E-state index in [1.54, 1.807) is 0 Å². The molecule has 1 aromatic rings. The highest BCUT2D eigenvalue weighted by Gasteiger charge is 2.26. The lowest BCUT2D eigenvalue weighted by Crippen LogP contribution is -2.39. The standard InChI is InChI=1S/C15H25N5O/c1-12-14(17-18-16-12)15(21)20-10-5-13(6-11-20)4-9-19-7-2-3-8-19/h13H,2-11H2,1H3,(H,16,17,18). The van der Waals surface area contributed by atoms with Crippen molar-refractivity contribution in [2.45, 2.75) is 39.0 Å². The number of likely N-dealkylation sites (tertiary alicyclic amines) is 2. The van der Waals surface area contributed by atoms with Crippen LogP contribution in [0.15, 0.2) is 0 Å². The third-order valence-electron chi connectivity index (χ3n) is 4.88. The second-order valence-corrected chi connectivity index (χ2v) is 6.33. The largest absolute Gasteiger partial charge is 0.337 e. The van der Waals surface area contributed by atoms with Crippen molar-refractivity contribution in [3.05, 3.63) is 11.4 Å². The lowest BCUT2D eigenvalue weighted by Gasteiger charge is -2.32. The van der Waals surface area contributed by atoms with Gasteiger partial charge in [-0.3, -0.25) is 4.79 Å². The van der Waals surface area contributed by atoms with Crippen LogP contribution in [0.1, 0.15) is 48.3 Å². The third kappa shape index (κ3) is 3.43. The van der Waals surface area contributed by atoms with Crippen molar-refractivity contribution in [2.75, 3.05) is 32.7 Å². The molecule has 0 unspecified atom stereocenters. The minimum absolute atomic E-state index is 0.0271. The Kier molecular flexibility index (Phi) is 4.53. The van der Waals surface area contributed by atoms with Crippen LogP contribution in [0, 0.1) is 12.8 Å². The highest BCUT2D eigenvalue weighted by atomic mass is 16.2. The van der Waals surface area contributed by atoms with Crippen LogP contribution in [0.2, 0.25) is 0 Å². The van der Waals surface area contributed by atoms with E-state index >= 15 is 0 Å². The molecule has 21 heavy (non-hydrogen) atoms. The zero-order chi connectivity index (χ0) is 14.7. The van der Waals surface area contributed by atoms with Gasteiger partial charge in [0.1, 0.15) is 0 Å². The van der Waals surface area contributed by atoms with E-state index in [9.17, 15) is 4.79 Å². The van der Waals surface area contributed by atoms with E-state index in [1.807, 2.05) is 11.8 Å². The molecule has 0 saturated carbocycles. The number of hydrogen-bond donors (Lipinski definition) is 1. The number of nitrogens with zero attached hydrogens (tertiary/aromatic N) is 4. The van der Waals surface area contributed by atoms with Gasteiger partial charge in [-0.05, 0) is 64.6 Å². The van der Waals surface area contributed by atoms with Gasteiger partial charge in [0.2, 0.25) is 0 Å². The Bertz CT molecular complexity index is 472. The van der Waals surface area contributed by atoms with Crippen molar-refractivity contribution in [3.8, 4) is 0 Å². The van der Waals surface area contributed by atoms with Gasteiger partial charge in [-0.25, -0.2) is 0 Å². The van der Waals surface area contributed by atoms with Gasteiger partial charge in [-0.15, -0.1) is 0 Å². The Hall–Kier alpha value is -1.43. The van der Waals surface area contributed by atoms with Crippen LogP contribution in [0.4, 0.5) is 0 Å². The number of H-pyrrole nitrogens is 1. The Morgan fingerprint density at radius 2 is 1.90 bits per heavy atom. The predicted octanol–water partition coefficient (Wildman–Crippen LogP) is 1.45. The molecule has 0 aliphatic carbocycles. The van der Waals surface area contributed by atoms with Gasteiger partial charge < -0.3 is 9.80 Å². The van der Waals surface area contributed by atoms with Crippen LogP contribution in [-0.4, -0.2) is 63.8 Å². The molecule has 2 fully saturated rings. The molecule has 3 heterocycles. The van der Waals surface area contributed by atoms with E-state index in [0.29, 0.717) is 11.4 Å². The molecule has 2 saturated heterocycles. The van der Waals surface area contributed by atoms with E-state index in [4.69, 9.17) is 0 Å². The van der Waals surface area contributed by atoms with Gasteiger partial charge in [0.05, 0.1) is 5.69 Å². The fourth-order valence-corrected chi connectivity index (χ4v) is 3.43. The van der Waals surface area contributed by atoms with Crippen LogP contribution in [0.25, 0.3) is 0 Å². The zero-order valence-electron chi connectivity index (χ0n) is 12.8. The van der Waals surface area contributed by atoms with Crippen LogP contribution in [0.3, 0.4) is 0 Å². The molecule has 1 amide bonds. The first kappa shape index (κ1) is 14.5. The highest BCUT2D eigenvalue weighted by Crippen LogP contribution is 2.23. The summed E-state index contributed by atoms with van der Waals surface area (Å²) in [5, 5.41) is 10.4. The Morgan fingerprint density at radius 3 is 2.52 bits per heavy atom. The average Bonchev–Trinajstić information content (AvgIpc) is 3.16. The van der Waals surface area contributed by atoms with E-state index in [0.717, 1.165) is 31.8 Å². The van der Waals surface area contributed by atoms with E-state index in [2.05, 4.69) is 20.3 Å². The SMILES string of the molecule is Cc1n[nH]nc1C(=O)N1CCC(CCN2CCCC2)CC1. The Labute approximate surface area is 125 Å². The number of aromatic nitrogens is 3. The van der Waals surface area contributed by atoms with E-state index < -0.39 is 0 Å². The molecule has 0 bridgehead atoms. The maximum absolute atomic E-state index is 12.4. The first-order valence-electron chi connectivity index (χ1n) is 8.13. The number of carbonyl (C=O) groups is 1. The Balaban J connectivity index is 1.44. The quantitative estimate of drug-likeness (QED) is 0.912. The summed E-state index contributed by atoms with van der Waals surface area (Å²) in [5.41, 5.74) is 1.17. The molecule has 2 aliphatic rings. The first-order chi connectivity index (χ1) is 10.2. The number of piperidine rings is 1. The molecule has 6 nitrogen and oxygen atoms in total.